The summed E-state index contributed by atoms with van der Waals surface area (Å²) in [6.45, 7) is 3.98. The standard InChI is InChI=1S/C16H20N2O3S/c1-4-5-8-22-10(2)14(19)17-11-6-7-12-13(9-11)16(21)18(3)15(12)20/h6-7,9-10H,4-5,8H2,1-3H3,(H,17,19). The topological polar surface area (TPSA) is 66.5 Å². The minimum Gasteiger partial charge on any atom is -0.325 e. The Morgan fingerprint density at radius 2 is 1.95 bits per heavy atom. The summed E-state index contributed by atoms with van der Waals surface area (Å²) < 4.78 is 0. The molecule has 3 amide bonds. The van der Waals surface area contributed by atoms with Crippen LogP contribution in [0.3, 0.4) is 0 Å². The second-order valence-electron chi connectivity index (χ2n) is 5.29. The molecule has 0 saturated heterocycles. The van der Waals surface area contributed by atoms with Crippen molar-refractivity contribution in [1.82, 2.24) is 4.90 Å². The number of carbonyl (C=O) groups excluding carboxylic acids is 3. The number of carbonyl (C=O) groups is 3. The second-order valence-corrected chi connectivity index (χ2v) is 6.73. The van der Waals surface area contributed by atoms with Crippen LogP contribution in [-0.2, 0) is 4.79 Å². The number of fused-ring (bicyclic) bond motifs is 1. The average Bonchev–Trinajstić information content (AvgIpc) is 2.72. The van der Waals surface area contributed by atoms with Gasteiger partial charge < -0.3 is 5.32 Å². The highest BCUT2D eigenvalue weighted by Gasteiger charge is 2.32. The fraction of sp³-hybridized carbons (Fsp3) is 0.438. The van der Waals surface area contributed by atoms with E-state index in [0.29, 0.717) is 16.8 Å². The van der Waals surface area contributed by atoms with E-state index in [2.05, 4.69) is 12.2 Å². The molecule has 1 aromatic carbocycles. The Morgan fingerprint density at radius 3 is 2.64 bits per heavy atom. The molecule has 0 aromatic heterocycles. The van der Waals surface area contributed by atoms with Crippen molar-refractivity contribution in [2.45, 2.75) is 31.9 Å². The first-order valence-corrected chi connectivity index (χ1v) is 8.39. The van der Waals surface area contributed by atoms with Crippen LogP contribution >= 0.6 is 11.8 Å². The summed E-state index contributed by atoms with van der Waals surface area (Å²) in [4.78, 5) is 37.0. The van der Waals surface area contributed by atoms with Crippen molar-refractivity contribution in [1.29, 1.82) is 0 Å². The number of thioether (sulfide) groups is 1. The van der Waals surface area contributed by atoms with E-state index in [1.165, 1.54) is 7.05 Å². The van der Waals surface area contributed by atoms with E-state index in [-0.39, 0.29) is 23.0 Å². The van der Waals surface area contributed by atoms with Crippen LogP contribution in [0.4, 0.5) is 5.69 Å². The van der Waals surface area contributed by atoms with Gasteiger partial charge in [0.1, 0.15) is 0 Å². The van der Waals surface area contributed by atoms with E-state index in [1.807, 2.05) is 6.92 Å². The van der Waals surface area contributed by atoms with Gasteiger partial charge in [0.05, 0.1) is 16.4 Å². The summed E-state index contributed by atoms with van der Waals surface area (Å²) in [7, 11) is 1.45. The maximum Gasteiger partial charge on any atom is 0.261 e. The fourth-order valence-electron chi connectivity index (χ4n) is 2.16. The Bertz CT molecular complexity index is 615. The Balaban J connectivity index is 2.05. The van der Waals surface area contributed by atoms with Crippen molar-refractivity contribution in [2.24, 2.45) is 0 Å². The van der Waals surface area contributed by atoms with E-state index >= 15 is 0 Å². The average molecular weight is 320 g/mol. The lowest BCUT2D eigenvalue weighted by molar-refractivity contribution is -0.115. The molecular formula is C16H20N2O3S. The Hall–Kier alpha value is -1.82. The van der Waals surface area contributed by atoms with Crippen LogP contribution in [0.1, 0.15) is 47.4 Å². The van der Waals surface area contributed by atoms with Crippen LogP contribution < -0.4 is 5.32 Å². The number of imide groups is 1. The molecule has 1 aliphatic rings. The van der Waals surface area contributed by atoms with Crippen LogP contribution in [0.5, 0.6) is 0 Å². The van der Waals surface area contributed by atoms with Gasteiger partial charge >= 0.3 is 0 Å². The predicted molar refractivity (Wildman–Crippen MR) is 88.3 cm³/mol. The van der Waals surface area contributed by atoms with Crippen molar-refractivity contribution in [2.75, 3.05) is 18.1 Å². The number of benzene rings is 1. The van der Waals surface area contributed by atoms with Crippen LogP contribution in [0.15, 0.2) is 18.2 Å². The maximum absolute atomic E-state index is 12.1. The number of unbranched alkanes of at least 4 members (excludes halogenated alkanes) is 1. The van der Waals surface area contributed by atoms with Crippen molar-refractivity contribution >= 4 is 35.2 Å². The summed E-state index contributed by atoms with van der Waals surface area (Å²) in [6.07, 6.45) is 2.19. The van der Waals surface area contributed by atoms with Gasteiger partial charge in [-0.3, -0.25) is 19.3 Å². The first kappa shape index (κ1) is 16.5. The summed E-state index contributed by atoms with van der Waals surface area (Å²) >= 11 is 1.61. The summed E-state index contributed by atoms with van der Waals surface area (Å²) in [6, 6.07) is 4.81. The minimum absolute atomic E-state index is 0.0915. The highest BCUT2D eigenvalue weighted by atomic mass is 32.2. The second kappa shape index (κ2) is 6.96. The molecule has 1 heterocycles. The SMILES string of the molecule is CCCCSC(C)C(=O)Nc1ccc2c(c1)C(=O)N(C)C2=O. The molecular weight excluding hydrogens is 300 g/mol. The van der Waals surface area contributed by atoms with Gasteiger partial charge in [0.25, 0.3) is 11.8 Å². The lowest BCUT2D eigenvalue weighted by Gasteiger charge is -2.12. The van der Waals surface area contributed by atoms with Crippen LogP contribution in [0.25, 0.3) is 0 Å². The zero-order valence-electron chi connectivity index (χ0n) is 13.0. The molecule has 6 heteroatoms. The van der Waals surface area contributed by atoms with Gasteiger partial charge in [0.2, 0.25) is 5.91 Å². The maximum atomic E-state index is 12.1. The number of nitrogens with zero attached hydrogens (tertiary/aromatic N) is 1. The van der Waals surface area contributed by atoms with Gasteiger partial charge in [-0.15, -0.1) is 11.8 Å². The molecule has 1 aromatic rings. The zero-order valence-corrected chi connectivity index (χ0v) is 13.8. The van der Waals surface area contributed by atoms with Crippen molar-refractivity contribution < 1.29 is 14.4 Å². The number of amides is 3. The van der Waals surface area contributed by atoms with E-state index < -0.39 is 0 Å². The summed E-state index contributed by atoms with van der Waals surface area (Å²) in [5.41, 5.74) is 1.27. The van der Waals surface area contributed by atoms with Crippen LogP contribution in [0, 0.1) is 0 Å². The smallest absolute Gasteiger partial charge is 0.261 e. The van der Waals surface area contributed by atoms with Crippen LogP contribution in [-0.4, -0.2) is 40.7 Å². The Morgan fingerprint density at radius 1 is 1.27 bits per heavy atom. The fourth-order valence-corrected chi connectivity index (χ4v) is 3.18. The molecule has 0 bridgehead atoms. The molecule has 118 valence electrons. The third-order valence-electron chi connectivity index (χ3n) is 3.59. The van der Waals surface area contributed by atoms with Crippen LogP contribution in [0.2, 0.25) is 0 Å². The van der Waals surface area contributed by atoms with Gasteiger partial charge in [-0.25, -0.2) is 0 Å². The molecule has 1 N–H and O–H groups in total. The summed E-state index contributed by atoms with van der Waals surface area (Å²) in [5, 5.41) is 2.65. The van der Waals surface area contributed by atoms with E-state index in [0.717, 1.165) is 23.5 Å². The molecule has 1 aliphatic heterocycles. The van der Waals surface area contributed by atoms with Gasteiger partial charge in [-0.2, -0.15) is 0 Å². The number of rotatable bonds is 6. The van der Waals surface area contributed by atoms with Gasteiger partial charge in [-0.1, -0.05) is 13.3 Å². The lowest BCUT2D eigenvalue weighted by atomic mass is 10.1. The van der Waals surface area contributed by atoms with Gasteiger partial charge in [0, 0.05) is 12.7 Å². The predicted octanol–water partition coefficient (Wildman–Crippen LogP) is 2.77. The molecule has 0 aliphatic carbocycles. The first-order chi connectivity index (χ1) is 10.5. The molecule has 1 atom stereocenters. The minimum atomic E-state index is -0.332. The molecule has 0 spiro atoms. The first-order valence-electron chi connectivity index (χ1n) is 7.34. The van der Waals surface area contributed by atoms with Crippen molar-refractivity contribution in [3.05, 3.63) is 29.3 Å². The molecule has 2 rings (SSSR count). The molecule has 22 heavy (non-hydrogen) atoms. The normalized spacial score (nSPS) is 15.0. The number of nitrogens with one attached hydrogen (secondary N) is 1. The highest BCUT2D eigenvalue weighted by Crippen LogP contribution is 2.25. The third kappa shape index (κ3) is 3.32. The largest absolute Gasteiger partial charge is 0.325 e. The van der Waals surface area contributed by atoms with E-state index in [1.54, 1.807) is 30.0 Å². The van der Waals surface area contributed by atoms with Gasteiger partial charge in [0.15, 0.2) is 0 Å². The van der Waals surface area contributed by atoms with Gasteiger partial charge in [-0.05, 0) is 37.3 Å². The Kier molecular flexibility index (Phi) is 5.24. The summed E-state index contributed by atoms with van der Waals surface area (Å²) in [5.74, 6) is 0.224. The Labute approximate surface area is 134 Å². The molecule has 0 fully saturated rings. The molecule has 0 saturated carbocycles. The van der Waals surface area contributed by atoms with Crippen molar-refractivity contribution in [3.63, 3.8) is 0 Å². The third-order valence-corrected chi connectivity index (χ3v) is 4.83. The molecule has 1 unspecified atom stereocenters. The lowest BCUT2D eigenvalue weighted by Crippen LogP contribution is -2.24. The number of hydrogen-bond donors (Lipinski definition) is 1. The van der Waals surface area contributed by atoms with E-state index in [4.69, 9.17) is 0 Å². The molecule has 0 radical (unpaired) electrons. The zero-order chi connectivity index (χ0) is 16.3. The van der Waals surface area contributed by atoms with E-state index in [9.17, 15) is 14.4 Å². The molecule has 5 nitrogen and oxygen atoms in total. The number of hydrogen-bond acceptors (Lipinski definition) is 4. The highest BCUT2D eigenvalue weighted by molar-refractivity contribution is 8.00. The van der Waals surface area contributed by atoms with Crippen molar-refractivity contribution in [3.8, 4) is 0 Å². The number of anilines is 1. The monoisotopic (exact) mass is 320 g/mol. The quantitative estimate of drug-likeness (QED) is 0.646.